The first kappa shape index (κ1) is 11.1. The molecule has 3 nitrogen and oxygen atoms in total. The second kappa shape index (κ2) is 6.49. The largest absolute Gasteiger partial charge is 0.478 e. The highest BCUT2D eigenvalue weighted by Crippen LogP contribution is 2.10. The van der Waals surface area contributed by atoms with Crippen molar-refractivity contribution in [2.24, 2.45) is 0 Å². The van der Waals surface area contributed by atoms with Gasteiger partial charge in [-0.3, -0.25) is 0 Å². The number of rotatable bonds is 6. The van der Waals surface area contributed by atoms with Crippen molar-refractivity contribution in [1.29, 1.82) is 0 Å². The van der Waals surface area contributed by atoms with Gasteiger partial charge >= 0.3 is 0 Å². The Hall–Kier alpha value is -0.960. The average Bonchev–Trinajstić information content (AvgIpc) is 2.19. The zero-order valence-electron chi connectivity index (χ0n) is 8.29. The molecular formula is C10H15ClN2O. The van der Waals surface area contributed by atoms with Crippen molar-refractivity contribution in [2.45, 2.75) is 13.3 Å². The van der Waals surface area contributed by atoms with Crippen molar-refractivity contribution in [3.63, 3.8) is 0 Å². The highest BCUT2D eigenvalue weighted by Gasteiger charge is 1.96. The Bertz CT molecular complexity index is 268. The molecule has 1 rings (SSSR count). The normalized spacial score (nSPS) is 9.86. The molecule has 0 aromatic carbocycles. The molecular weight excluding hydrogens is 200 g/mol. The molecule has 1 N–H and O–H groups in total. The maximum atomic E-state index is 5.56. The summed E-state index contributed by atoms with van der Waals surface area (Å²) in [7, 11) is 0. The van der Waals surface area contributed by atoms with E-state index < -0.39 is 0 Å². The molecule has 0 fully saturated rings. The Morgan fingerprint density at radius 3 is 3.07 bits per heavy atom. The lowest BCUT2D eigenvalue weighted by molar-refractivity contribution is 0.327. The lowest BCUT2D eigenvalue weighted by atomic mass is 10.4. The van der Waals surface area contributed by atoms with Gasteiger partial charge in [-0.2, -0.15) is 4.98 Å². The van der Waals surface area contributed by atoms with Gasteiger partial charge in [-0.1, -0.05) is 6.07 Å². The predicted molar refractivity (Wildman–Crippen MR) is 59.2 cm³/mol. The highest BCUT2D eigenvalue weighted by molar-refractivity contribution is 6.17. The maximum Gasteiger partial charge on any atom is 0.215 e. The van der Waals surface area contributed by atoms with Crippen molar-refractivity contribution in [1.82, 2.24) is 4.98 Å². The summed E-state index contributed by atoms with van der Waals surface area (Å²) in [6, 6.07) is 5.67. The van der Waals surface area contributed by atoms with Gasteiger partial charge in [0.2, 0.25) is 5.88 Å². The van der Waals surface area contributed by atoms with E-state index in [9.17, 15) is 0 Å². The molecule has 0 atom stereocenters. The first-order valence-corrected chi connectivity index (χ1v) is 5.30. The monoisotopic (exact) mass is 214 g/mol. The van der Waals surface area contributed by atoms with Crippen LogP contribution in [0, 0.1) is 0 Å². The number of ether oxygens (including phenoxy) is 1. The minimum Gasteiger partial charge on any atom is -0.478 e. The quantitative estimate of drug-likeness (QED) is 0.584. The molecule has 0 aliphatic carbocycles. The topological polar surface area (TPSA) is 34.1 Å². The molecule has 0 saturated heterocycles. The van der Waals surface area contributed by atoms with E-state index in [0.29, 0.717) is 18.4 Å². The third-order valence-corrected chi connectivity index (χ3v) is 1.90. The van der Waals surface area contributed by atoms with Crippen LogP contribution in [0.2, 0.25) is 0 Å². The molecule has 0 spiro atoms. The van der Waals surface area contributed by atoms with Crippen molar-refractivity contribution in [3.05, 3.63) is 18.2 Å². The Morgan fingerprint density at radius 1 is 1.50 bits per heavy atom. The van der Waals surface area contributed by atoms with Gasteiger partial charge in [-0.15, -0.1) is 11.6 Å². The summed E-state index contributed by atoms with van der Waals surface area (Å²) in [5.74, 6) is 2.16. The summed E-state index contributed by atoms with van der Waals surface area (Å²) >= 11 is 5.56. The fourth-order valence-electron chi connectivity index (χ4n) is 1.02. The Kier molecular flexibility index (Phi) is 5.15. The van der Waals surface area contributed by atoms with E-state index in [1.54, 1.807) is 0 Å². The van der Waals surface area contributed by atoms with Crippen LogP contribution in [-0.2, 0) is 0 Å². The van der Waals surface area contributed by atoms with Gasteiger partial charge in [0.1, 0.15) is 5.82 Å². The Labute approximate surface area is 89.4 Å². The lowest BCUT2D eigenvalue weighted by Gasteiger charge is -2.06. The number of hydrogen-bond acceptors (Lipinski definition) is 3. The number of alkyl halides is 1. The van der Waals surface area contributed by atoms with Crippen LogP contribution < -0.4 is 10.1 Å². The van der Waals surface area contributed by atoms with Crippen molar-refractivity contribution in [2.75, 3.05) is 24.3 Å². The third-order valence-electron chi connectivity index (χ3n) is 1.63. The third kappa shape index (κ3) is 3.83. The molecule has 0 amide bonds. The molecule has 1 aromatic rings. The molecule has 0 saturated carbocycles. The van der Waals surface area contributed by atoms with E-state index in [-0.39, 0.29) is 0 Å². The molecule has 0 bridgehead atoms. The Balaban J connectivity index is 2.46. The summed E-state index contributed by atoms with van der Waals surface area (Å²) in [6.07, 6.45) is 0.933. The van der Waals surface area contributed by atoms with Crippen LogP contribution in [0.5, 0.6) is 5.88 Å². The second-order valence-corrected chi connectivity index (χ2v) is 3.14. The van der Waals surface area contributed by atoms with Crippen LogP contribution in [0.1, 0.15) is 13.3 Å². The number of nitrogens with one attached hydrogen (secondary N) is 1. The predicted octanol–water partition coefficient (Wildman–Crippen LogP) is 2.52. The van der Waals surface area contributed by atoms with Crippen LogP contribution in [0.4, 0.5) is 5.82 Å². The molecule has 78 valence electrons. The standard InChI is InChI=1S/C10H15ClN2O/c1-2-14-10-6-3-5-9(13-10)12-8-4-7-11/h3,5-6H,2,4,7-8H2,1H3,(H,12,13). The molecule has 0 aliphatic rings. The summed E-state index contributed by atoms with van der Waals surface area (Å²) in [5, 5.41) is 3.17. The molecule has 1 aromatic heterocycles. The lowest BCUT2D eigenvalue weighted by Crippen LogP contribution is -2.04. The van der Waals surface area contributed by atoms with E-state index in [1.165, 1.54) is 0 Å². The van der Waals surface area contributed by atoms with E-state index >= 15 is 0 Å². The summed E-state index contributed by atoms with van der Waals surface area (Å²) in [6.45, 7) is 3.42. The zero-order valence-corrected chi connectivity index (χ0v) is 9.05. The van der Waals surface area contributed by atoms with Crippen LogP contribution in [0.25, 0.3) is 0 Å². The van der Waals surface area contributed by atoms with Gasteiger partial charge in [0.15, 0.2) is 0 Å². The minimum atomic E-state index is 0.637. The first-order valence-electron chi connectivity index (χ1n) is 4.76. The second-order valence-electron chi connectivity index (χ2n) is 2.76. The van der Waals surface area contributed by atoms with E-state index in [0.717, 1.165) is 18.8 Å². The number of pyridine rings is 1. The number of nitrogens with zero attached hydrogens (tertiary/aromatic N) is 1. The zero-order chi connectivity index (χ0) is 10.2. The van der Waals surface area contributed by atoms with Gasteiger partial charge in [0.25, 0.3) is 0 Å². The van der Waals surface area contributed by atoms with Crippen LogP contribution in [0.15, 0.2) is 18.2 Å². The van der Waals surface area contributed by atoms with Crippen LogP contribution in [0.3, 0.4) is 0 Å². The minimum absolute atomic E-state index is 0.637. The summed E-state index contributed by atoms with van der Waals surface area (Å²) in [4.78, 5) is 4.26. The van der Waals surface area contributed by atoms with E-state index in [4.69, 9.17) is 16.3 Å². The molecule has 1 heterocycles. The molecule has 4 heteroatoms. The summed E-state index contributed by atoms with van der Waals surface area (Å²) in [5.41, 5.74) is 0. The van der Waals surface area contributed by atoms with Crippen LogP contribution >= 0.6 is 11.6 Å². The summed E-state index contributed by atoms with van der Waals surface area (Å²) < 4.78 is 5.28. The van der Waals surface area contributed by atoms with Gasteiger partial charge in [-0.25, -0.2) is 0 Å². The molecule has 14 heavy (non-hydrogen) atoms. The number of halogens is 1. The maximum absolute atomic E-state index is 5.56. The number of aromatic nitrogens is 1. The average molecular weight is 215 g/mol. The fourth-order valence-corrected chi connectivity index (χ4v) is 1.16. The van der Waals surface area contributed by atoms with Gasteiger partial charge in [0, 0.05) is 18.5 Å². The van der Waals surface area contributed by atoms with Crippen molar-refractivity contribution in [3.8, 4) is 5.88 Å². The highest BCUT2D eigenvalue weighted by atomic mass is 35.5. The van der Waals surface area contributed by atoms with Gasteiger partial charge < -0.3 is 10.1 Å². The van der Waals surface area contributed by atoms with Crippen molar-refractivity contribution >= 4 is 17.4 Å². The SMILES string of the molecule is CCOc1cccc(NCCCCl)n1. The Morgan fingerprint density at radius 2 is 2.36 bits per heavy atom. The van der Waals surface area contributed by atoms with E-state index in [1.807, 2.05) is 25.1 Å². The van der Waals surface area contributed by atoms with Crippen LogP contribution in [-0.4, -0.2) is 24.0 Å². The molecule has 0 aliphatic heterocycles. The molecule has 0 unspecified atom stereocenters. The molecule has 0 radical (unpaired) electrons. The smallest absolute Gasteiger partial charge is 0.215 e. The van der Waals surface area contributed by atoms with Gasteiger partial charge in [-0.05, 0) is 19.4 Å². The van der Waals surface area contributed by atoms with Crippen molar-refractivity contribution < 1.29 is 4.74 Å². The first-order chi connectivity index (χ1) is 6.86. The number of anilines is 1. The van der Waals surface area contributed by atoms with Gasteiger partial charge in [0.05, 0.1) is 6.61 Å². The van der Waals surface area contributed by atoms with E-state index in [2.05, 4.69) is 10.3 Å². The fraction of sp³-hybridized carbons (Fsp3) is 0.500. The number of hydrogen-bond donors (Lipinski definition) is 1.